The van der Waals surface area contributed by atoms with Crippen molar-refractivity contribution in [3.05, 3.63) is 73.4 Å². The summed E-state index contributed by atoms with van der Waals surface area (Å²) in [6.45, 7) is 2.24. The number of rotatable bonds is 32. The molecule has 2 aromatic heterocycles. The highest BCUT2D eigenvalue weighted by molar-refractivity contribution is 8.14. The third-order valence-electron chi connectivity index (χ3n) is 9.72. The number of unbranched alkanes of at least 4 members (excludes halogenated alkanes) is 4. The number of nitrogens with two attached hydrogens (primary N) is 1. The summed E-state index contributed by atoms with van der Waals surface area (Å²) in [5, 5.41) is 26.2. The Morgan fingerprint density at radius 2 is 1.59 bits per heavy atom. The Labute approximate surface area is 404 Å². The number of nitrogen functional groups attached to an aromatic ring is 1. The van der Waals surface area contributed by atoms with Gasteiger partial charge in [0.15, 0.2) is 17.7 Å². The highest BCUT2D eigenvalue weighted by Crippen LogP contribution is 2.56. The molecule has 1 fully saturated rings. The van der Waals surface area contributed by atoms with Crippen LogP contribution in [0.25, 0.3) is 11.2 Å². The fourth-order valence-electron chi connectivity index (χ4n) is 6.10. The summed E-state index contributed by atoms with van der Waals surface area (Å²) in [6, 6.07) is 0. The second kappa shape index (κ2) is 29.6. The second-order valence-corrected chi connectivity index (χ2v) is 21.1. The van der Waals surface area contributed by atoms with E-state index in [1.165, 1.54) is 39.2 Å². The summed E-state index contributed by atoms with van der Waals surface area (Å²) in [4.78, 5) is 96.7. The van der Waals surface area contributed by atoms with E-state index in [0.717, 1.165) is 61.1 Å². The maximum absolute atomic E-state index is 12.6. The number of thioether (sulfide) groups is 1. The van der Waals surface area contributed by atoms with E-state index in [4.69, 9.17) is 10.5 Å². The van der Waals surface area contributed by atoms with Crippen LogP contribution in [0.15, 0.2) is 73.4 Å². The molecular formula is C41H60N7O17P3S-4. The third kappa shape index (κ3) is 22.5. The second-order valence-electron chi connectivity index (χ2n) is 15.9. The number of imidazole rings is 1. The molecule has 6 N–H and O–H groups in total. The molecule has 3 heterocycles. The maximum Gasteiger partial charge on any atom is 0.274 e. The molecule has 1 saturated heterocycles. The number of phosphoric acid groups is 3. The summed E-state index contributed by atoms with van der Waals surface area (Å²) < 4.78 is 60.8. The van der Waals surface area contributed by atoms with Crippen molar-refractivity contribution in [3.8, 4) is 0 Å². The Hall–Kier alpha value is -3.74. The van der Waals surface area contributed by atoms with Gasteiger partial charge in [-0.05, 0) is 44.6 Å². The summed E-state index contributed by atoms with van der Waals surface area (Å²) in [5.74, 6) is -1.28. The van der Waals surface area contributed by atoms with E-state index in [9.17, 15) is 57.9 Å². The summed E-state index contributed by atoms with van der Waals surface area (Å²) in [5.41, 5.74) is 4.07. The average molecular weight is 1050 g/mol. The van der Waals surface area contributed by atoms with Crippen LogP contribution in [0.4, 0.5) is 5.82 Å². The van der Waals surface area contributed by atoms with Crippen LogP contribution in [0.3, 0.4) is 0 Å². The van der Waals surface area contributed by atoms with E-state index in [-0.39, 0.29) is 47.4 Å². The van der Waals surface area contributed by atoms with Gasteiger partial charge in [-0.15, -0.1) is 0 Å². The molecule has 386 valence electrons. The molecule has 1 aliphatic heterocycles. The lowest BCUT2D eigenvalue weighted by atomic mass is 9.87. The Kier molecular flexibility index (Phi) is 25.5. The monoisotopic (exact) mass is 1050 g/mol. The van der Waals surface area contributed by atoms with Gasteiger partial charge in [0.05, 0.1) is 27.4 Å². The van der Waals surface area contributed by atoms with Crippen molar-refractivity contribution >= 4 is 69.1 Å². The van der Waals surface area contributed by atoms with Gasteiger partial charge in [0, 0.05) is 30.7 Å². The normalized spacial score (nSPS) is 20.4. The van der Waals surface area contributed by atoms with E-state index in [2.05, 4.69) is 86.8 Å². The number of phosphoric ester groups is 3. The minimum atomic E-state index is -5.93. The first kappa shape index (κ1) is 59.6. The Morgan fingerprint density at radius 3 is 2.29 bits per heavy atom. The molecule has 0 saturated carbocycles. The summed E-state index contributed by atoms with van der Waals surface area (Å²) >= 11 is 1.00. The van der Waals surface area contributed by atoms with E-state index < -0.39 is 84.6 Å². The molecule has 2 aromatic rings. The maximum atomic E-state index is 12.6. The van der Waals surface area contributed by atoms with Gasteiger partial charge in [-0.3, -0.25) is 28.1 Å². The zero-order chi connectivity index (χ0) is 51.1. The molecule has 3 rings (SSSR count). The predicted molar refractivity (Wildman–Crippen MR) is 247 cm³/mol. The highest BCUT2D eigenvalue weighted by atomic mass is 32.2. The molecule has 0 aliphatic carbocycles. The number of fused-ring (bicyclic) bond motifs is 1. The molecule has 2 amide bonds. The Bertz CT molecular complexity index is 2270. The Morgan fingerprint density at radius 1 is 0.928 bits per heavy atom. The first-order chi connectivity index (χ1) is 32.6. The van der Waals surface area contributed by atoms with Gasteiger partial charge in [0.25, 0.3) is 15.6 Å². The van der Waals surface area contributed by atoms with Gasteiger partial charge in [-0.25, -0.2) is 19.3 Å². The number of hydrogen-bond acceptors (Lipinski definition) is 22. The van der Waals surface area contributed by atoms with E-state index in [1.54, 1.807) is 12.2 Å². The number of carbonyl (C=O) groups excluding carboxylic acids is 3. The van der Waals surface area contributed by atoms with E-state index in [0.29, 0.717) is 0 Å². The van der Waals surface area contributed by atoms with Gasteiger partial charge in [0.2, 0.25) is 16.9 Å². The van der Waals surface area contributed by atoms with Crippen molar-refractivity contribution in [1.29, 1.82) is 0 Å². The van der Waals surface area contributed by atoms with Gasteiger partial charge in [0.1, 0.15) is 36.3 Å². The van der Waals surface area contributed by atoms with Crippen LogP contribution in [0.5, 0.6) is 0 Å². The minimum Gasteiger partial charge on any atom is -0.790 e. The molecule has 69 heavy (non-hydrogen) atoms. The number of amides is 2. The third-order valence-corrected chi connectivity index (χ3v) is 13.6. The van der Waals surface area contributed by atoms with Crippen LogP contribution < -0.4 is 35.9 Å². The summed E-state index contributed by atoms with van der Waals surface area (Å²) in [6.07, 6.45) is 20.6. The molecular weight excluding hydrogens is 987 g/mol. The number of allylic oxidation sites excluding steroid dienone is 9. The summed E-state index contributed by atoms with van der Waals surface area (Å²) in [7, 11) is -17.6. The van der Waals surface area contributed by atoms with Gasteiger partial charge in [-0.2, -0.15) is 0 Å². The first-order valence-corrected chi connectivity index (χ1v) is 27.2. The molecule has 0 spiro atoms. The van der Waals surface area contributed by atoms with Crippen LogP contribution in [0.1, 0.15) is 84.8 Å². The van der Waals surface area contributed by atoms with Crippen molar-refractivity contribution in [1.82, 2.24) is 30.2 Å². The molecule has 1 aliphatic rings. The molecule has 0 aromatic carbocycles. The lowest BCUT2D eigenvalue weighted by Crippen LogP contribution is -2.46. The van der Waals surface area contributed by atoms with E-state index in [1.807, 2.05) is 6.08 Å². The topological polar surface area (TPSA) is 375 Å². The quantitative estimate of drug-likeness (QED) is 0.0230. The number of nitrogens with zero attached hydrogens (tertiary/aromatic N) is 4. The van der Waals surface area contributed by atoms with Gasteiger partial charge < -0.3 is 69.0 Å². The standard InChI is InChI=1S/C41H64N7O17P3S/c1-4-5-6-7-8-9-10-11-12-13-14-15-16-17-18-19-20-21-32(50)69-25-24-43-31(49)22-23-44-39(53)36(52)41(2,3)27-62-68(59,60)65-67(57,58)61-26-30-35(64-66(54,55)56)34(51)40(63-30)48-29-47-33-37(42)45-28-46-38(33)48/h8-9,11-12,14-15,18-21,28-30,34-36,40,51-52H,4-7,10,13,16-17,22-27H2,1-3H3,(H,43,49)(H,44,53)(H,57,58)(H,59,60)(H2,42,45,46)(H2,54,55,56)/p-4. The molecule has 0 bridgehead atoms. The van der Waals surface area contributed by atoms with Gasteiger partial charge >= 0.3 is 0 Å². The molecule has 7 atom stereocenters. The predicted octanol–water partition coefficient (Wildman–Crippen LogP) is 2.06. The van der Waals surface area contributed by atoms with Crippen LogP contribution in [0.2, 0.25) is 0 Å². The van der Waals surface area contributed by atoms with Crippen LogP contribution in [0, 0.1) is 5.41 Å². The lowest BCUT2D eigenvalue weighted by molar-refractivity contribution is -0.347. The minimum absolute atomic E-state index is 0.0231. The van der Waals surface area contributed by atoms with E-state index >= 15 is 0 Å². The van der Waals surface area contributed by atoms with Crippen LogP contribution in [-0.2, 0) is 50.7 Å². The number of anilines is 1. The van der Waals surface area contributed by atoms with Crippen molar-refractivity contribution in [2.45, 2.75) is 109 Å². The number of aromatic nitrogens is 4. The number of hydrogen-bond donors (Lipinski definition) is 5. The van der Waals surface area contributed by atoms with Gasteiger partial charge in [-0.1, -0.05) is 100 Å². The fraction of sp³-hybridized carbons (Fsp3) is 0.561. The highest BCUT2D eigenvalue weighted by Gasteiger charge is 2.47. The average Bonchev–Trinajstić information content (AvgIpc) is 3.84. The van der Waals surface area contributed by atoms with Crippen molar-refractivity contribution in [2.24, 2.45) is 5.41 Å². The molecule has 7 unspecified atom stereocenters. The largest absolute Gasteiger partial charge is 0.790 e. The zero-order valence-electron chi connectivity index (χ0n) is 38.3. The fourth-order valence-corrected chi connectivity index (χ4v) is 9.41. The number of aliphatic hydroxyl groups excluding tert-OH is 2. The van der Waals surface area contributed by atoms with Crippen molar-refractivity contribution < 1.29 is 80.5 Å². The van der Waals surface area contributed by atoms with Crippen LogP contribution in [-0.4, -0.2) is 103 Å². The van der Waals surface area contributed by atoms with Crippen LogP contribution >= 0.6 is 35.2 Å². The van der Waals surface area contributed by atoms with Crippen molar-refractivity contribution in [2.75, 3.05) is 37.8 Å². The Balaban J connectivity index is 1.32. The molecule has 0 radical (unpaired) electrons. The SMILES string of the molecule is CCCCCC=CCC=CCC=CCCC=CC=CC(=O)SCCNC(=O)CCNC(=O)C(O)C(C)(C)COP(=O)([O-])OP(=O)([O-])OCC1OC(n2cnc3c(N)ncnc32)C(O)C1OP(=O)([O-])[O-]. The lowest BCUT2D eigenvalue weighted by Gasteiger charge is -2.36. The smallest absolute Gasteiger partial charge is 0.274 e. The molecule has 24 nitrogen and oxygen atoms in total. The number of ether oxygens (including phenoxy) is 1. The number of carbonyl (C=O) groups is 3. The number of aliphatic hydroxyl groups is 2. The molecule has 28 heteroatoms. The zero-order valence-corrected chi connectivity index (χ0v) is 41.8. The number of nitrogens with one attached hydrogen (secondary N) is 2. The van der Waals surface area contributed by atoms with Crippen molar-refractivity contribution in [3.63, 3.8) is 0 Å². The first-order valence-electron chi connectivity index (χ1n) is 21.8.